The van der Waals surface area contributed by atoms with Gasteiger partial charge in [-0.2, -0.15) is 4.73 Å². The second-order valence-corrected chi connectivity index (χ2v) is 3.46. The molecule has 0 aliphatic carbocycles. The van der Waals surface area contributed by atoms with Crippen LogP contribution in [0.4, 0.5) is 0 Å². The van der Waals surface area contributed by atoms with Crippen LogP contribution in [0.2, 0.25) is 0 Å². The van der Waals surface area contributed by atoms with Gasteiger partial charge in [0.15, 0.2) is 0 Å². The molecular formula is C8H8N2OS. The predicted octanol–water partition coefficient (Wildman–Crippen LogP) is 1.55. The zero-order chi connectivity index (χ0) is 8.72. The van der Waals surface area contributed by atoms with Gasteiger partial charge in [-0.25, -0.2) is 4.98 Å². The molecule has 3 nitrogen and oxygen atoms in total. The smallest absolute Gasteiger partial charge is 0.253 e. The molecule has 2 rings (SSSR count). The minimum absolute atomic E-state index is 0.670. The van der Waals surface area contributed by atoms with Crippen LogP contribution in [0.15, 0.2) is 10.8 Å². The Morgan fingerprint density at radius 3 is 2.92 bits per heavy atom. The highest BCUT2D eigenvalue weighted by molar-refractivity contribution is 7.09. The topological polar surface area (TPSA) is 39.8 Å². The SMILES string of the molecule is Cc1nc2cscc2[n+]([O-])c1C. The Bertz CT molecular complexity index is 436. The number of rotatable bonds is 0. The number of thiophene rings is 1. The zero-order valence-corrected chi connectivity index (χ0v) is 7.68. The minimum Gasteiger partial charge on any atom is -0.618 e. The second-order valence-electron chi connectivity index (χ2n) is 2.72. The molecule has 0 amide bonds. The quantitative estimate of drug-likeness (QED) is 0.456. The number of hydrogen-bond donors (Lipinski definition) is 0. The number of aromatic nitrogens is 2. The Balaban J connectivity index is 2.94. The van der Waals surface area contributed by atoms with Crippen LogP contribution in [0.3, 0.4) is 0 Å². The zero-order valence-electron chi connectivity index (χ0n) is 6.87. The monoisotopic (exact) mass is 180 g/mol. The molecule has 2 heterocycles. The minimum atomic E-state index is 0.670. The first-order valence-electron chi connectivity index (χ1n) is 3.63. The van der Waals surface area contributed by atoms with Crippen LogP contribution >= 0.6 is 11.3 Å². The third-order valence-corrected chi connectivity index (χ3v) is 2.68. The van der Waals surface area contributed by atoms with E-state index in [-0.39, 0.29) is 0 Å². The summed E-state index contributed by atoms with van der Waals surface area (Å²) in [5.41, 5.74) is 2.94. The molecule has 0 unspecified atom stereocenters. The lowest BCUT2D eigenvalue weighted by Gasteiger charge is -2.02. The van der Waals surface area contributed by atoms with E-state index in [1.54, 1.807) is 6.92 Å². The van der Waals surface area contributed by atoms with Crippen molar-refractivity contribution in [3.63, 3.8) is 0 Å². The molecule has 2 aromatic heterocycles. The van der Waals surface area contributed by atoms with E-state index in [1.807, 2.05) is 17.7 Å². The van der Waals surface area contributed by atoms with Gasteiger partial charge in [-0.1, -0.05) is 0 Å². The van der Waals surface area contributed by atoms with E-state index in [1.165, 1.54) is 11.3 Å². The van der Waals surface area contributed by atoms with E-state index in [0.29, 0.717) is 11.2 Å². The summed E-state index contributed by atoms with van der Waals surface area (Å²) in [5.74, 6) is 0. The lowest BCUT2D eigenvalue weighted by molar-refractivity contribution is -0.584. The van der Waals surface area contributed by atoms with E-state index < -0.39 is 0 Å². The number of fused-ring (bicyclic) bond motifs is 1. The summed E-state index contributed by atoms with van der Waals surface area (Å²) in [6, 6.07) is 0. The normalized spacial score (nSPS) is 10.8. The fraction of sp³-hybridized carbons (Fsp3) is 0.250. The van der Waals surface area contributed by atoms with E-state index in [2.05, 4.69) is 4.98 Å². The van der Waals surface area contributed by atoms with Crippen LogP contribution in [0, 0.1) is 19.1 Å². The summed E-state index contributed by atoms with van der Waals surface area (Å²) >= 11 is 1.50. The van der Waals surface area contributed by atoms with Gasteiger partial charge in [-0.3, -0.25) is 0 Å². The fourth-order valence-electron chi connectivity index (χ4n) is 1.11. The summed E-state index contributed by atoms with van der Waals surface area (Å²) in [6.07, 6.45) is 0. The van der Waals surface area contributed by atoms with Crippen molar-refractivity contribution in [1.29, 1.82) is 0 Å². The molecule has 0 aromatic carbocycles. The lowest BCUT2D eigenvalue weighted by atomic mass is 10.3. The highest BCUT2D eigenvalue weighted by Gasteiger charge is 2.11. The molecule has 0 atom stereocenters. The molecule has 4 heteroatoms. The first kappa shape index (κ1) is 7.49. The number of hydrogen-bond acceptors (Lipinski definition) is 3. The van der Waals surface area contributed by atoms with Crippen molar-refractivity contribution in [2.45, 2.75) is 13.8 Å². The van der Waals surface area contributed by atoms with Gasteiger partial charge in [0.2, 0.25) is 5.69 Å². The summed E-state index contributed by atoms with van der Waals surface area (Å²) in [4.78, 5) is 4.29. The fourth-order valence-corrected chi connectivity index (χ4v) is 1.82. The maximum atomic E-state index is 11.5. The molecule has 2 aromatic rings. The van der Waals surface area contributed by atoms with Gasteiger partial charge in [0.1, 0.15) is 11.2 Å². The van der Waals surface area contributed by atoms with Crippen LogP contribution in [0.1, 0.15) is 11.4 Å². The average molecular weight is 180 g/mol. The third kappa shape index (κ3) is 0.881. The first-order valence-corrected chi connectivity index (χ1v) is 4.57. The molecule has 0 bridgehead atoms. The molecule has 0 aliphatic rings. The highest BCUT2D eigenvalue weighted by Crippen LogP contribution is 2.14. The molecule has 0 saturated carbocycles. The van der Waals surface area contributed by atoms with Gasteiger partial charge in [-0.15, -0.1) is 11.3 Å². The summed E-state index contributed by atoms with van der Waals surface area (Å²) in [7, 11) is 0. The Morgan fingerprint density at radius 2 is 2.17 bits per heavy atom. The van der Waals surface area contributed by atoms with Gasteiger partial charge in [-0.05, 0) is 6.92 Å². The number of aryl methyl sites for hydroxylation is 1. The van der Waals surface area contributed by atoms with Crippen LogP contribution in [-0.4, -0.2) is 4.98 Å². The highest BCUT2D eigenvalue weighted by atomic mass is 32.1. The van der Waals surface area contributed by atoms with Crippen molar-refractivity contribution >= 4 is 22.4 Å². The molecule has 0 saturated heterocycles. The largest absolute Gasteiger partial charge is 0.618 e. The van der Waals surface area contributed by atoms with E-state index >= 15 is 0 Å². The van der Waals surface area contributed by atoms with Gasteiger partial charge in [0, 0.05) is 12.3 Å². The molecule has 0 fully saturated rings. The van der Waals surface area contributed by atoms with Gasteiger partial charge in [0.25, 0.3) is 5.52 Å². The molecule has 0 aliphatic heterocycles. The molecule has 12 heavy (non-hydrogen) atoms. The molecule has 62 valence electrons. The standard InChI is InChI=1S/C8H8N2OS/c1-5-6(2)10(11)8-4-12-3-7(8)9-5/h3-4H,1-2H3. The van der Waals surface area contributed by atoms with Crippen LogP contribution in [-0.2, 0) is 0 Å². The van der Waals surface area contributed by atoms with Gasteiger partial charge in [0.05, 0.1) is 5.38 Å². The Labute approximate surface area is 73.9 Å². The summed E-state index contributed by atoms with van der Waals surface area (Å²) in [6.45, 7) is 3.63. The van der Waals surface area contributed by atoms with Crippen LogP contribution in [0.5, 0.6) is 0 Å². The van der Waals surface area contributed by atoms with E-state index in [0.717, 1.165) is 15.9 Å². The van der Waals surface area contributed by atoms with Crippen LogP contribution < -0.4 is 4.73 Å². The molecule has 0 spiro atoms. The predicted molar refractivity (Wildman–Crippen MR) is 48.1 cm³/mol. The van der Waals surface area contributed by atoms with E-state index in [4.69, 9.17) is 0 Å². The summed E-state index contributed by atoms with van der Waals surface area (Å²) < 4.78 is 0.939. The van der Waals surface area contributed by atoms with Crippen LogP contribution in [0.25, 0.3) is 11.0 Å². The third-order valence-electron chi connectivity index (χ3n) is 1.96. The Morgan fingerprint density at radius 1 is 1.42 bits per heavy atom. The molecule has 0 N–H and O–H groups in total. The van der Waals surface area contributed by atoms with Crippen molar-refractivity contribution in [2.24, 2.45) is 0 Å². The van der Waals surface area contributed by atoms with Crippen molar-refractivity contribution in [3.8, 4) is 0 Å². The second kappa shape index (κ2) is 2.42. The van der Waals surface area contributed by atoms with Crippen molar-refractivity contribution < 1.29 is 4.73 Å². The molecular weight excluding hydrogens is 172 g/mol. The Kier molecular flexibility index (Phi) is 1.51. The van der Waals surface area contributed by atoms with Crippen molar-refractivity contribution in [2.75, 3.05) is 0 Å². The maximum Gasteiger partial charge on any atom is 0.253 e. The Hall–Kier alpha value is -1.16. The van der Waals surface area contributed by atoms with Gasteiger partial charge < -0.3 is 5.21 Å². The number of nitrogens with zero attached hydrogens (tertiary/aromatic N) is 2. The lowest BCUT2D eigenvalue weighted by Crippen LogP contribution is -2.32. The molecule has 0 radical (unpaired) electrons. The average Bonchev–Trinajstić information content (AvgIpc) is 2.48. The summed E-state index contributed by atoms with van der Waals surface area (Å²) in [5, 5.41) is 15.2. The first-order chi connectivity index (χ1) is 5.70. The van der Waals surface area contributed by atoms with Crippen molar-refractivity contribution in [3.05, 3.63) is 27.4 Å². The maximum absolute atomic E-state index is 11.5. The van der Waals surface area contributed by atoms with Gasteiger partial charge >= 0.3 is 0 Å². The van der Waals surface area contributed by atoms with Crippen molar-refractivity contribution in [1.82, 2.24) is 4.98 Å². The van der Waals surface area contributed by atoms with E-state index in [9.17, 15) is 5.21 Å².